The summed E-state index contributed by atoms with van der Waals surface area (Å²) in [6, 6.07) is 0. The molecule has 1 heterocycles. The van der Waals surface area contributed by atoms with Crippen molar-refractivity contribution in [2.75, 3.05) is 13.2 Å². The number of hydrogen-bond donors (Lipinski definition) is 2. The molecule has 10 aliphatic carbocycles. The highest BCUT2D eigenvalue weighted by Crippen LogP contribution is 2.78. The zero-order valence-electron chi connectivity index (χ0n) is 60.5. The Morgan fingerprint density at radius 2 is 0.857 bits per heavy atom. The monoisotopic (exact) mass is 1260 g/mol. The van der Waals surface area contributed by atoms with Crippen molar-refractivity contribution in [1.82, 2.24) is 9.13 Å². The van der Waals surface area contributed by atoms with Crippen molar-refractivity contribution in [2.45, 2.75) is 335 Å². The summed E-state index contributed by atoms with van der Waals surface area (Å²) in [6.45, 7) is 38.4. The number of nitrogens with zero attached hydrogens (tertiary/aromatic N) is 2. The molecule has 0 spiro atoms. The third-order valence-corrected chi connectivity index (χ3v) is 31.5. The normalized spacial score (nSPS) is 41.4. The Balaban J connectivity index is 0.595. The maximum atomic E-state index is 14.6. The second-order valence-electron chi connectivity index (χ2n) is 37.8. The smallest absolute Gasteiger partial charge is 0.330 e. The molecular weight excluding hydrogens is 1130 g/mol. The Morgan fingerprint density at radius 1 is 0.473 bits per heavy atom. The van der Waals surface area contributed by atoms with Crippen molar-refractivity contribution in [3.05, 3.63) is 55.9 Å². The van der Waals surface area contributed by atoms with E-state index >= 15 is 0 Å². The van der Waals surface area contributed by atoms with E-state index in [9.17, 15) is 29.4 Å². The topological polar surface area (TPSA) is 137 Å². The molecule has 1 aromatic rings. The van der Waals surface area contributed by atoms with Crippen LogP contribution >= 0.6 is 0 Å². The first-order valence-electron chi connectivity index (χ1n) is 38.1. The molecule has 0 aliphatic heterocycles. The van der Waals surface area contributed by atoms with E-state index in [2.05, 4.69) is 109 Å². The second-order valence-corrected chi connectivity index (χ2v) is 37.8. The van der Waals surface area contributed by atoms with Gasteiger partial charge in [-0.3, -0.25) is 19.0 Å². The maximum Gasteiger partial charge on any atom is 0.330 e. The molecule has 512 valence electrons. The van der Waals surface area contributed by atoms with Crippen LogP contribution in [-0.4, -0.2) is 56.7 Å². The molecule has 0 aromatic carbocycles. The standard InChI is InChI=1S/C81H130N2O8/c1-55-54-82(48-24-20-16-18-22-26-50-90-67(87)80-44-40-70(2,3)52-58(80)56-28-30-62-74(10)36-34-64(84)72(6,7)60(74)32-38-78(62,14)76(56,12)42-46-80)69(89)83(66(55)86)49-25-21-17-19-23-27-51-91-68(88)81-45-41-71(4,5)53-59(81)57-29-31-63-75(11)37-35-65(85)73(8,9)61(75)33-39-79(63,15)77(57,13)43-47-81/h28-29,54,58-65,84-85H,16-27,30-53H2,1-15H3/t58-,59-,60?,61?,62?,63?,64-,65-,74-,75-,76+,77+,78+,79+,80-,81-/m0/s1. The maximum absolute atomic E-state index is 14.6. The number of aliphatic hydroxyl groups excluding tert-OH is 2. The first-order valence-corrected chi connectivity index (χ1v) is 38.1. The van der Waals surface area contributed by atoms with Crippen molar-refractivity contribution < 1.29 is 29.3 Å². The molecule has 8 saturated carbocycles. The summed E-state index contributed by atoms with van der Waals surface area (Å²) in [7, 11) is 0. The van der Waals surface area contributed by atoms with E-state index in [-0.39, 0.29) is 101 Å². The van der Waals surface area contributed by atoms with Crippen molar-refractivity contribution in [3.63, 3.8) is 0 Å². The third kappa shape index (κ3) is 11.4. The van der Waals surface area contributed by atoms with E-state index in [1.807, 2.05) is 6.92 Å². The predicted octanol–water partition coefficient (Wildman–Crippen LogP) is 18.4. The van der Waals surface area contributed by atoms with Crippen LogP contribution in [0.15, 0.2) is 39.1 Å². The summed E-state index contributed by atoms with van der Waals surface area (Å²) in [5, 5.41) is 22.4. The number of hydrogen-bond acceptors (Lipinski definition) is 8. The van der Waals surface area contributed by atoms with Crippen LogP contribution in [0, 0.1) is 107 Å². The number of carbonyl (C=O) groups excluding carboxylic acids is 2. The number of unbranched alkanes of at least 4 members (excludes halogenated alkanes) is 10. The van der Waals surface area contributed by atoms with E-state index in [4.69, 9.17) is 9.47 Å². The zero-order valence-corrected chi connectivity index (χ0v) is 60.5. The van der Waals surface area contributed by atoms with Crippen LogP contribution in [0.2, 0.25) is 0 Å². The molecule has 1 aromatic heterocycles. The third-order valence-electron chi connectivity index (χ3n) is 31.5. The molecule has 10 aliphatic rings. The molecule has 16 atom stereocenters. The average Bonchev–Trinajstić information content (AvgIpc) is 0.685. The molecule has 2 N–H and O–H groups in total. The van der Waals surface area contributed by atoms with Crippen LogP contribution < -0.4 is 11.2 Å². The number of ether oxygens (including phenoxy) is 2. The van der Waals surface area contributed by atoms with Gasteiger partial charge in [-0.1, -0.05) is 172 Å². The van der Waals surface area contributed by atoms with Crippen molar-refractivity contribution in [2.24, 2.45) is 100 Å². The van der Waals surface area contributed by atoms with Crippen LogP contribution in [0.4, 0.5) is 0 Å². The van der Waals surface area contributed by atoms with Crippen LogP contribution in [-0.2, 0) is 32.2 Å². The Morgan fingerprint density at radius 3 is 1.29 bits per heavy atom. The number of allylic oxidation sites excluding steroid dienone is 4. The van der Waals surface area contributed by atoms with Gasteiger partial charge in [0.1, 0.15) is 0 Å². The first-order chi connectivity index (χ1) is 42.6. The molecule has 10 nitrogen and oxygen atoms in total. The van der Waals surface area contributed by atoms with E-state index in [1.54, 1.807) is 21.9 Å². The zero-order chi connectivity index (χ0) is 65.8. The molecule has 91 heavy (non-hydrogen) atoms. The first kappa shape index (κ1) is 69.4. The molecule has 0 saturated heterocycles. The van der Waals surface area contributed by atoms with E-state index in [1.165, 1.54) is 30.3 Å². The lowest BCUT2D eigenvalue weighted by Gasteiger charge is -2.71. The van der Waals surface area contributed by atoms with Crippen LogP contribution in [0.1, 0.15) is 308 Å². The number of esters is 2. The van der Waals surface area contributed by atoms with Gasteiger partial charge in [0.15, 0.2) is 0 Å². The minimum absolute atomic E-state index is 0.0500. The Labute approximate surface area is 551 Å². The fraction of sp³-hybridized carbons (Fsp3) is 0.877. The van der Waals surface area contributed by atoms with Gasteiger partial charge < -0.3 is 24.3 Å². The number of aliphatic hydroxyl groups is 2. The fourth-order valence-corrected chi connectivity index (χ4v) is 25.1. The Hall–Kier alpha value is -2.98. The fourth-order valence-electron chi connectivity index (χ4n) is 25.1. The molecule has 0 bridgehead atoms. The molecule has 8 fully saturated rings. The van der Waals surface area contributed by atoms with Gasteiger partial charge in [-0.2, -0.15) is 0 Å². The van der Waals surface area contributed by atoms with Gasteiger partial charge in [-0.25, -0.2) is 4.79 Å². The van der Waals surface area contributed by atoms with Crippen LogP contribution in [0.5, 0.6) is 0 Å². The van der Waals surface area contributed by atoms with E-state index in [0.717, 1.165) is 180 Å². The van der Waals surface area contributed by atoms with Gasteiger partial charge in [0.25, 0.3) is 5.56 Å². The van der Waals surface area contributed by atoms with E-state index < -0.39 is 10.8 Å². The summed E-state index contributed by atoms with van der Waals surface area (Å²) in [4.78, 5) is 56.3. The molecule has 4 unspecified atom stereocenters. The van der Waals surface area contributed by atoms with Gasteiger partial charge in [-0.05, 0) is 251 Å². The predicted molar refractivity (Wildman–Crippen MR) is 367 cm³/mol. The number of aryl methyl sites for hydroxylation is 2. The highest BCUT2D eigenvalue weighted by Gasteiger charge is 2.72. The summed E-state index contributed by atoms with van der Waals surface area (Å²) in [5.74, 6) is 2.76. The number of aromatic nitrogens is 2. The molecule has 0 radical (unpaired) electrons. The average molecular weight is 1260 g/mol. The molecule has 10 heteroatoms. The highest BCUT2D eigenvalue weighted by atomic mass is 16.5. The quantitative estimate of drug-likeness (QED) is 0.0748. The van der Waals surface area contributed by atoms with Crippen molar-refractivity contribution >= 4 is 11.9 Å². The van der Waals surface area contributed by atoms with Crippen LogP contribution in [0.25, 0.3) is 0 Å². The van der Waals surface area contributed by atoms with Gasteiger partial charge in [0.2, 0.25) is 0 Å². The lowest BCUT2D eigenvalue weighted by molar-refractivity contribution is -0.206. The summed E-state index contributed by atoms with van der Waals surface area (Å²) in [5.41, 5.74) is 3.57. The van der Waals surface area contributed by atoms with Crippen LogP contribution in [0.3, 0.4) is 0 Å². The summed E-state index contributed by atoms with van der Waals surface area (Å²) < 4.78 is 15.9. The SMILES string of the molecule is Cc1cn(CCCCCCCCOC(=O)[C@]23CCC(C)(C)C[C@H]2C2=CCC4[C@@]5(C)CC[C@H](O)C(C)(C)C5CC[C@@]4(C)[C@]2(C)CC3)c(=O)n(CCCCCCCCOC(=O)[C@]23CCC(C)(C)C[C@H]2C2=CCC4[C@@]5(C)CC[C@H](O)C(C)(C)C5CC[C@@]4(C)[C@]2(C)CC3)c1=O. The molecular formula is C81H130N2O8. The van der Waals surface area contributed by atoms with Gasteiger partial charge >= 0.3 is 17.6 Å². The minimum Gasteiger partial charge on any atom is -0.465 e. The molecule has 0 amide bonds. The highest BCUT2D eigenvalue weighted by molar-refractivity contribution is 5.79. The molecule has 11 rings (SSSR count). The van der Waals surface area contributed by atoms with Gasteiger partial charge in [0, 0.05) is 24.8 Å². The van der Waals surface area contributed by atoms with Crippen molar-refractivity contribution in [3.8, 4) is 0 Å². The second kappa shape index (κ2) is 24.8. The Bertz CT molecular complexity index is 3050. The number of carbonyl (C=O) groups is 2. The summed E-state index contributed by atoms with van der Waals surface area (Å²) in [6.07, 6.45) is 39.0. The minimum atomic E-state index is -0.441. The summed E-state index contributed by atoms with van der Waals surface area (Å²) >= 11 is 0. The van der Waals surface area contributed by atoms with Crippen molar-refractivity contribution in [1.29, 1.82) is 0 Å². The Kier molecular flexibility index (Phi) is 18.9. The lowest BCUT2D eigenvalue weighted by atomic mass is 9.33. The van der Waals surface area contributed by atoms with Gasteiger partial charge in [-0.15, -0.1) is 0 Å². The number of rotatable bonds is 20. The van der Waals surface area contributed by atoms with E-state index in [0.29, 0.717) is 55.5 Å². The largest absolute Gasteiger partial charge is 0.465 e. The van der Waals surface area contributed by atoms with Gasteiger partial charge in [0.05, 0.1) is 36.3 Å². The lowest BCUT2D eigenvalue weighted by Crippen LogP contribution is -2.65. The number of fused-ring (bicyclic) bond motifs is 14.